The van der Waals surface area contributed by atoms with E-state index in [1.54, 1.807) is 11.3 Å². The first-order valence-electron chi connectivity index (χ1n) is 5.97. The quantitative estimate of drug-likeness (QED) is 0.820. The maximum absolute atomic E-state index is 5.93. The molecule has 2 nitrogen and oxygen atoms in total. The lowest BCUT2D eigenvalue weighted by atomic mass is 10.3. The third-order valence-corrected chi connectivity index (χ3v) is 4.23. The van der Waals surface area contributed by atoms with Gasteiger partial charge < -0.3 is 4.90 Å². The minimum Gasteiger partial charge on any atom is -0.301 e. The van der Waals surface area contributed by atoms with Crippen molar-refractivity contribution < 1.29 is 0 Å². The van der Waals surface area contributed by atoms with Gasteiger partial charge in [-0.3, -0.25) is 4.90 Å². The molecule has 0 atom stereocenters. The van der Waals surface area contributed by atoms with Gasteiger partial charge in [0.25, 0.3) is 0 Å². The number of hydrogen-bond donors (Lipinski definition) is 0. The van der Waals surface area contributed by atoms with Crippen LogP contribution in [0.3, 0.4) is 0 Å². The number of piperazine rings is 1. The van der Waals surface area contributed by atoms with Crippen molar-refractivity contribution in [2.75, 3.05) is 32.7 Å². The van der Waals surface area contributed by atoms with Gasteiger partial charge in [-0.2, -0.15) is 0 Å². The van der Waals surface area contributed by atoms with Gasteiger partial charge in [-0.05, 0) is 25.1 Å². The maximum atomic E-state index is 5.93. The second-order valence-electron chi connectivity index (χ2n) is 4.32. The van der Waals surface area contributed by atoms with Gasteiger partial charge in [-0.15, -0.1) is 11.3 Å². The second-order valence-corrected chi connectivity index (χ2v) is 6.12. The molecule has 1 aromatic heterocycles. The second kappa shape index (κ2) is 6.01. The Labute approximate surface area is 107 Å². The first kappa shape index (κ1) is 12.4. The molecule has 0 saturated carbocycles. The molecule has 1 saturated heterocycles. The smallest absolute Gasteiger partial charge is 0.0931 e. The van der Waals surface area contributed by atoms with Crippen molar-refractivity contribution in [1.82, 2.24) is 9.80 Å². The summed E-state index contributed by atoms with van der Waals surface area (Å²) in [6, 6.07) is 4.14. The van der Waals surface area contributed by atoms with Gasteiger partial charge in [0.15, 0.2) is 0 Å². The van der Waals surface area contributed by atoms with Crippen molar-refractivity contribution in [2.24, 2.45) is 0 Å². The summed E-state index contributed by atoms with van der Waals surface area (Å²) in [5.74, 6) is 0. The highest BCUT2D eigenvalue weighted by molar-refractivity contribution is 7.16. The van der Waals surface area contributed by atoms with Crippen LogP contribution in [0, 0.1) is 0 Å². The molecule has 0 unspecified atom stereocenters. The van der Waals surface area contributed by atoms with Gasteiger partial charge in [-0.1, -0.05) is 18.5 Å². The molecule has 0 spiro atoms. The van der Waals surface area contributed by atoms with Crippen LogP contribution in [0.5, 0.6) is 0 Å². The Bertz CT molecular complexity index is 319. The van der Waals surface area contributed by atoms with E-state index in [9.17, 15) is 0 Å². The molecule has 90 valence electrons. The normalized spacial score (nSPS) is 19.1. The van der Waals surface area contributed by atoms with E-state index in [0.717, 1.165) is 10.9 Å². The number of rotatable bonds is 4. The molecule has 0 N–H and O–H groups in total. The molecule has 1 aliphatic rings. The fourth-order valence-electron chi connectivity index (χ4n) is 2.14. The molecule has 4 heteroatoms. The number of nitrogens with zero attached hydrogens (tertiary/aromatic N) is 2. The van der Waals surface area contributed by atoms with E-state index < -0.39 is 0 Å². The third-order valence-electron chi connectivity index (χ3n) is 3.01. The van der Waals surface area contributed by atoms with E-state index in [4.69, 9.17) is 11.6 Å². The standard InChI is InChI=1S/C12H19ClN2S/c1-2-5-14-6-8-15(9-7-14)10-11-3-4-12(13)16-11/h3-4H,2,5-10H2,1H3. The average Bonchev–Trinajstić information content (AvgIpc) is 2.67. The predicted molar refractivity (Wildman–Crippen MR) is 71.3 cm³/mol. The van der Waals surface area contributed by atoms with Crippen LogP contribution in [0.25, 0.3) is 0 Å². The lowest BCUT2D eigenvalue weighted by molar-refractivity contribution is 0.128. The van der Waals surface area contributed by atoms with Crippen LogP contribution in [0.4, 0.5) is 0 Å². The molecule has 1 aliphatic heterocycles. The summed E-state index contributed by atoms with van der Waals surface area (Å²) < 4.78 is 0.902. The van der Waals surface area contributed by atoms with E-state index >= 15 is 0 Å². The Balaban J connectivity index is 1.77. The van der Waals surface area contributed by atoms with Crippen molar-refractivity contribution in [3.05, 3.63) is 21.3 Å². The topological polar surface area (TPSA) is 6.48 Å². The minimum absolute atomic E-state index is 0.902. The Morgan fingerprint density at radius 2 is 1.88 bits per heavy atom. The zero-order valence-electron chi connectivity index (χ0n) is 9.79. The van der Waals surface area contributed by atoms with E-state index in [1.807, 2.05) is 6.07 Å². The largest absolute Gasteiger partial charge is 0.301 e. The summed E-state index contributed by atoms with van der Waals surface area (Å²) in [4.78, 5) is 6.46. The molecule has 0 radical (unpaired) electrons. The van der Waals surface area contributed by atoms with Crippen LogP contribution in [0.1, 0.15) is 18.2 Å². The van der Waals surface area contributed by atoms with Crippen LogP contribution in [-0.2, 0) is 6.54 Å². The number of hydrogen-bond acceptors (Lipinski definition) is 3. The lowest BCUT2D eigenvalue weighted by Gasteiger charge is -2.34. The monoisotopic (exact) mass is 258 g/mol. The predicted octanol–water partition coefficient (Wildman–Crippen LogP) is 2.93. The molecule has 0 amide bonds. The third kappa shape index (κ3) is 3.45. The molecule has 2 heterocycles. The molecule has 0 aromatic carbocycles. The Kier molecular flexibility index (Phi) is 4.65. The molecular weight excluding hydrogens is 240 g/mol. The van der Waals surface area contributed by atoms with Gasteiger partial charge in [0.2, 0.25) is 0 Å². The van der Waals surface area contributed by atoms with Crippen LogP contribution in [0.2, 0.25) is 4.34 Å². The van der Waals surface area contributed by atoms with E-state index in [0.29, 0.717) is 0 Å². The zero-order valence-corrected chi connectivity index (χ0v) is 11.4. The molecule has 1 fully saturated rings. The molecule has 2 rings (SSSR count). The highest BCUT2D eigenvalue weighted by Crippen LogP contribution is 2.23. The Morgan fingerprint density at radius 3 is 2.44 bits per heavy atom. The van der Waals surface area contributed by atoms with Gasteiger partial charge in [0.05, 0.1) is 4.34 Å². The van der Waals surface area contributed by atoms with Gasteiger partial charge in [-0.25, -0.2) is 0 Å². The summed E-state index contributed by atoms with van der Waals surface area (Å²) in [6.07, 6.45) is 1.26. The zero-order chi connectivity index (χ0) is 11.4. The van der Waals surface area contributed by atoms with Crippen molar-refractivity contribution in [3.8, 4) is 0 Å². The van der Waals surface area contributed by atoms with E-state index in [-0.39, 0.29) is 0 Å². The first-order chi connectivity index (χ1) is 7.78. The molecule has 16 heavy (non-hydrogen) atoms. The summed E-state index contributed by atoms with van der Waals surface area (Å²) in [5.41, 5.74) is 0. The van der Waals surface area contributed by atoms with E-state index in [1.165, 1.54) is 44.0 Å². The summed E-state index contributed by atoms with van der Waals surface area (Å²) >= 11 is 7.64. The lowest BCUT2D eigenvalue weighted by Crippen LogP contribution is -2.45. The van der Waals surface area contributed by atoms with Crippen molar-refractivity contribution in [3.63, 3.8) is 0 Å². The SMILES string of the molecule is CCCN1CCN(Cc2ccc(Cl)s2)CC1. The van der Waals surface area contributed by atoms with Crippen molar-refractivity contribution in [2.45, 2.75) is 19.9 Å². The molecule has 1 aromatic rings. The molecule has 0 bridgehead atoms. The number of halogens is 1. The van der Waals surface area contributed by atoms with Gasteiger partial charge >= 0.3 is 0 Å². The van der Waals surface area contributed by atoms with Crippen LogP contribution in [0.15, 0.2) is 12.1 Å². The molecular formula is C12H19ClN2S. The molecule has 0 aliphatic carbocycles. The highest BCUT2D eigenvalue weighted by atomic mass is 35.5. The van der Waals surface area contributed by atoms with Crippen LogP contribution >= 0.6 is 22.9 Å². The summed E-state index contributed by atoms with van der Waals surface area (Å²) in [7, 11) is 0. The highest BCUT2D eigenvalue weighted by Gasteiger charge is 2.16. The van der Waals surface area contributed by atoms with Gasteiger partial charge in [0, 0.05) is 37.6 Å². The average molecular weight is 259 g/mol. The van der Waals surface area contributed by atoms with Crippen molar-refractivity contribution >= 4 is 22.9 Å². The Hall–Kier alpha value is -0.0900. The van der Waals surface area contributed by atoms with Crippen molar-refractivity contribution in [1.29, 1.82) is 0 Å². The fourth-order valence-corrected chi connectivity index (χ4v) is 3.27. The van der Waals surface area contributed by atoms with E-state index in [2.05, 4.69) is 22.8 Å². The maximum Gasteiger partial charge on any atom is 0.0931 e. The Morgan fingerprint density at radius 1 is 1.19 bits per heavy atom. The first-order valence-corrected chi connectivity index (χ1v) is 7.16. The number of thiophene rings is 1. The van der Waals surface area contributed by atoms with Crippen LogP contribution in [-0.4, -0.2) is 42.5 Å². The summed E-state index contributed by atoms with van der Waals surface area (Å²) in [6.45, 7) is 9.38. The summed E-state index contributed by atoms with van der Waals surface area (Å²) in [5, 5.41) is 0. The van der Waals surface area contributed by atoms with Gasteiger partial charge in [0.1, 0.15) is 0 Å². The minimum atomic E-state index is 0.902. The van der Waals surface area contributed by atoms with Crippen LogP contribution < -0.4 is 0 Å². The fraction of sp³-hybridized carbons (Fsp3) is 0.667.